The molecule has 9 nitrogen and oxygen atoms in total. The molecule has 1 aliphatic heterocycles. The van der Waals surface area contributed by atoms with Crippen molar-refractivity contribution in [3.8, 4) is 11.4 Å². The van der Waals surface area contributed by atoms with Crippen LogP contribution in [-0.2, 0) is 4.79 Å². The Kier molecular flexibility index (Phi) is 6.00. The van der Waals surface area contributed by atoms with Gasteiger partial charge >= 0.3 is 0 Å². The highest BCUT2D eigenvalue weighted by Gasteiger charge is 2.48. The lowest BCUT2D eigenvalue weighted by molar-refractivity contribution is -0.120. The molecule has 0 spiro atoms. The molecular formula is C25H28N6O3. The van der Waals surface area contributed by atoms with Gasteiger partial charge in [0.2, 0.25) is 5.91 Å². The number of hydrogen-bond acceptors (Lipinski definition) is 6. The molecule has 1 aliphatic carbocycles. The number of ether oxygens (including phenoxy) is 1. The molecule has 1 saturated carbocycles. The van der Waals surface area contributed by atoms with Crippen molar-refractivity contribution in [2.24, 2.45) is 5.92 Å². The summed E-state index contributed by atoms with van der Waals surface area (Å²) in [6.45, 7) is 1.81. The number of carbonyl (C=O) groups excluding carboxylic acids is 2. The van der Waals surface area contributed by atoms with Gasteiger partial charge in [-0.2, -0.15) is 4.68 Å². The fourth-order valence-electron chi connectivity index (χ4n) is 5.36. The van der Waals surface area contributed by atoms with Crippen LogP contribution < -0.4 is 10.1 Å². The maximum atomic E-state index is 13.7. The Labute approximate surface area is 198 Å². The third kappa shape index (κ3) is 4.02. The highest BCUT2D eigenvalue weighted by Crippen LogP contribution is 2.41. The zero-order valence-corrected chi connectivity index (χ0v) is 19.3. The summed E-state index contributed by atoms with van der Waals surface area (Å²) in [7, 11) is 1.56. The molecule has 3 aromatic rings. The molecule has 2 amide bonds. The highest BCUT2D eigenvalue weighted by atomic mass is 16.5. The maximum absolute atomic E-state index is 13.7. The molecular weight excluding hydrogens is 432 g/mol. The van der Waals surface area contributed by atoms with E-state index in [2.05, 4.69) is 20.8 Å². The minimum absolute atomic E-state index is 0.0668. The van der Waals surface area contributed by atoms with E-state index < -0.39 is 6.04 Å². The standard InChI is InChI=1S/C25H28N6O3/c1-16-27-28-29-31(16)19-10-7-9-18(15-19)26-24(32)22-14-17-8-3-5-12-21(17)30(22)25(33)20-11-4-6-13-23(20)34-2/h4,6-7,9-11,13,15,17,21-22H,3,5,8,12,14H2,1-2H3,(H,26,32). The molecule has 1 aromatic heterocycles. The zero-order chi connectivity index (χ0) is 23.7. The van der Waals surface area contributed by atoms with E-state index in [9.17, 15) is 9.59 Å². The number of aryl methyl sites for hydroxylation is 1. The van der Waals surface area contributed by atoms with Crippen LogP contribution in [-0.4, -0.2) is 56.1 Å². The highest BCUT2D eigenvalue weighted by molar-refractivity contribution is 6.03. The molecule has 34 heavy (non-hydrogen) atoms. The molecule has 9 heteroatoms. The summed E-state index contributed by atoms with van der Waals surface area (Å²) < 4.78 is 7.05. The van der Waals surface area contributed by atoms with Crippen LogP contribution in [0.4, 0.5) is 5.69 Å². The monoisotopic (exact) mass is 460 g/mol. The Balaban J connectivity index is 1.42. The molecule has 2 fully saturated rings. The first-order valence-electron chi connectivity index (χ1n) is 11.7. The van der Waals surface area contributed by atoms with Crippen molar-refractivity contribution >= 4 is 17.5 Å². The molecule has 3 atom stereocenters. The van der Waals surface area contributed by atoms with Crippen molar-refractivity contribution < 1.29 is 14.3 Å². The molecule has 2 heterocycles. The maximum Gasteiger partial charge on any atom is 0.258 e. The van der Waals surface area contributed by atoms with E-state index in [0.717, 1.165) is 31.4 Å². The summed E-state index contributed by atoms with van der Waals surface area (Å²) in [5, 5.41) is 14.6. The number of para-hydroxylation sites is 1. The summed E-state index contributed by atoms with van der Waals surface area (Å²) in [4.78, 5) is 29.1. The number of hydrogen-bond donors (Lipinski definition) is 1. The van der Waals surface area contributed by atoms with Crippen LogP contribution in [0.15, 0.2) is 48.5 Å². The van der Waals surface area contributed by atoms with E-state index in [1.165, 1.54) is 0 Å². The van der Waals surface area contributed by atoms with Crippen LogP contribution in [0.1, 0.15) is 48.3 Å². The summed E-state index contributed by atoms with van der Waals surface area (Å²) >= 11 is 0. The van der Waals surface area contributed by atoms with Crippen molar-refractivity contribution in [3.05, 3.63) is 59.9 Å². The van der Waals surface area contributed by atoms with E-state index in [-0.39, 0.29) is 17.9 Å². The predicted octanol–water partition coefficient (Wildman–Crippen LogP) is 3.39. The van der Waals surface area contributed by atoms with Gasteiger partial charge in [0.1, 0.15) is 11.8 Å². The third-order valence-corrected chi connectivity index (χ3v) is 6.95. The van der Waals surface area contributed by atoms with Gasteiger partial charge in [0, 0.05) is 11.7 Å². The number of carbonyl (C=O) groups is 2. The van der Waals surface area contributed by atoms with Gasteiger partial charge in [0.25, 0.3) is 5.91 Å². The van der Waals surface area contributed by atoms with Gasteiger partial charge < -0.3 is 15.0 Å². The number of rotatable bonds is 5. The van der Waals surface area contributed by atoms with Crippen molar-refractivity contribution in [1.29, 1.82) is 0 Å². The second kappa shape index (κ2) is 9.24. The normalized spacial score (nSPS) is 21.7. The Morgan fingerprint density at radius 1 is 1.09 bits per heavy atom. The van der Waals surface area contributed by atoms with E-state index in [1.807, 2.05) is 48.2 Å². The molecule has 176 valence electrons. The first-order chi connectivity index (χ1) is 16.6. The van der Waals surface area contributed by atoms with Gasteiger partial charge in [-0.15, -0.1) is 5.10 Å². The first-order valence-corrected chi connectivity index (χ1v) is 11.7. The number of nitrogens with one attached hydrogen (secondary N) is 1. The zero-order valence-electron chi connectivity index (χ0n) is 19.3. The Morgan fingerprint density at radius 3 is 2.71 bits per heavy atom. The molecule has 2 aromatic carbocycles. The SMILES string of the molecule is COc1ccccc1C(=O)N1C(C(=O)Nc2cccc(-n3nnnc3C)c2)CC2CCCCC21. The lowest BCUT2D eigenvalue weighted by atomic mass is 9.84. The van der Waals surface area contributed by atoms with Crippen LogP contribution in [0.3, 0.4) is 0 Å². The fourth-order valence-corrected chi connectivity index (χ4v) is 5.36. The number of nitrogens with zero attached hydrogens (tertiary/aromatic N) is 5. The topological polar surface area (TPSA) is 102 Å². The molecule has 2 aliphatic rings. The Hall–Kier alpha value is -3.75. The van der Waals surface area contributed by atoms with E-state index in [0.29, 0.717) is 35.2 Å². The smallest absolute Gasteiger partial charge is 0.258 e. The van der Waals surface area contributed by atoms with Gasteiger partial charge in [0.15, 0.2) is 5.82 Å². The first kappa shape index (κ1) is 22.1. The summed E-state index contributed by atoms with van der Waals surface area (Å²) in [6, 6.07) is 14.1. The van der Waals surface area contributed by atoms with Crippen LogP contribution >= 0.6 is 0 Å². The second-order valence-electron chi connectivity index (χ2n) is 8.95. The predicted molar refractivity (Wildman–Crippen MR) is 126 cm³/mol. The van der Waals surface area contributed by atoms with Crippen LogP contribution in [0.25, 0.3) is 5.69 Å². The number of tetrazole rings is 1. The number of anilines is 1. The van der Waals surface area contributed by atoms with Crippen LogP contribution in [0, 0.1) is 12.8 Å². The van der Waals surface area contributed by atoms with Gasteiger partial charge in [-0.25, -0.2) is 0 Å². The van der Waals surface area contributed by atoms with Gasteiger partial charge in [-0.1, -0.05) is 31.0 Å². The lowest BCUT2D eigenvalue weighted by Crippen LogP contribution is -2.48. The van der Waals surface area contributed by atoms with Crippen molar-refractivity contribution in [2.75, 3.05) is 12.4 Å². The number of aromatic nitrogens is 4. The number of fused-ring (bicyclic) bond motifs is 1. The Bertz CT molecular complexity index is 1210. The summed E-state index contributed by atoms with van der Waals surface area (Å²) in [6.07, 6.45) is 4.84. The Morgan fingerprint density at radius 2 is 1.91 bits per heavy atom. The van der Waals surface area contributed by atoms with Crippen molar-refractivity contribution in [1.82, 2.24) is 25.1 Å². The average molecular weight is 461 g/mol. The van der Waals surface area contributed by atoms with Gasteiger partial charge in [0.05, 0.1) is 18.4 Å². The van der Waals surface area contributed by atoms with E-state index in [4.69, 9.17) is 4.74 Å². The van der Waals surface area contributed by atoms with Gasteiger partial charge in [-0.05, 0) is 72.9 Å². The molecule has 1 N–H and O–H groups in total. The van der Waals surface area contributed by atoms with E-state index in [1.54, 1.807) is 23.9 Å². The second-order valence-corrected chi connectivity index (χ2v) is 8.95. The largest absolute Gasteiger partial charge is 0.496 e. The van der Waals surface area contributed by atoms with Crippen molar-refractivity contribution in [3.63, 3.8) is 0 Å². The lowest BCUT2D eigenvalue weighted by Gasteiger charge is -2.34. The number of methoxy groups -OCH3 is 1. The molecule has 3 unspecified atom stereocenters. The number of amides is 2. The number of benzene rings is 2. The third-order valence-electron chi connectivity index (χ3n) is 6.95. The summed E-state index contributed by atoms with van der Waals surface area (Å²) in [5.41, 5.74) is 1.88. The molecule has 5 rings (SSSR count). The van der Waals surface area contributed by atoms with Gasteiger partial charge in [-0.3, -0.25) is 9.59 Å². The quantitative estimate of drug-likeness (QED) is 0.626. The van der Waals surface area contributed by atoms with Crippen LogP contribution in [0.5, 0.6) is 5.75 Å². The van der Waals surface area contributed by atoms with E-state index >= 15 is 0 Å². The minimum atomic E-state index is -0.538. The van der Waals surface area contributed by atoms with Crippen molar-refractivity contribution in [2.45, 2.75) is 51.1 Å². The average Bonchev–Trinajstić information content (AvgIpc) is 3.47. The molecule has 0 radical (unpaired) electrons. The fraction of sp³-hybridized carbons (Fsp3) is 0.400. The molecule has 1 saturated heterocycles. The number of likely N-dealkylation sites (tertiary alicyclic amines) is 1. The van der Waals surface area contributed by atoms with Crippen LogP contribution in [0.2, 0.25) is 0 Å². The minimum Gasteiger partial charge on any atom is -0.496 e. The molecule has 0 bridgehead atoms. The summed E-state index contributed by atoms with van der Waals surface area (Å²) in [5.74, 6) is 1.18.